The number of amides is 1. The molecule has 8 heteroatoms. The largest absolute Gasteiger partial charge is 0.459 e. The van der Waals surface area contributed by atoms with Crippen molar-refractivity contribution in [3.63, 3.8) is 0 Å². The zero-order valence-electron chi connectivity index (χ0n) is 11.8. The van der Waals surface area contributed by atoms with Crippen LogP contribution in [0.15, 0.2) is 27.9 Å². The zero-order chi connectivity index (χ0) is 16.1. The van der Waals surface area contributed by atoms with Gasteiger partial charge in [0.1, 0.15) is 0 Å². The third-order valence-corrected chi connectivity index (χ3v) is 4.31. The van der Waals surface area contributed by atoms with Crippen LogP contribution in [-0.4, -0.2) is 33.6 Å². The van der Waals surface area contributed by atoms with Crippen molar-refractivity contribution in [1.29, 1.82) is 0 Å². The minimum absolute atomic E-state index is 0.0245. The number of hydrogen-bond acceptors (Lipinski definition) is 4. The first-order valence-corrected chi connectivity index (χ1v) is 6.99. The zero-order valence-corrected chi connectivity index (χ0v) is 11.8. The van der Waals surface area contributed by atoms with E-state index in [-0.39, 0.29) is 28.8 Å². The van der Waals surface area contributed by atoms with Crippen LogP contribution in [0.25, 0.3) is 0 Å². The molecule has 1 saturated carbocycles. The van der Waals surface area contributed by atoms with Crippen LogP contribution in [0, 0.1) is 11.8 Å². The predicted octanol–water partition coefficient (Wildman–Crippen LogP) is 2.78. The van der Waals surface area contributed by atoms with Crippen molar-refractivity contribution in [2.45, 2.75) is 38.1 Å². The molecule has 0 bridgehead atoms. The van der Waals surface area contributed by atoms with Crippen LogP contribution >= 0.6 is 0 Å². The number of carbonyl (C=O) groups excluding carboxylic acids is 1. The van der Waals surface area contributed by atoms with Gasteiger partial charge in [0.25, 0.3) is 5.72 Å². The molecule has 2 aliphatic rings. The minimum Gasteiger partial charge on any atom is -0.459 e. The smallest absolute Gasteiger partial charge is 0.439 e. The lowest BCUT2D eigenvalue weighted by molar-refractivity contribution is -0.313. The van der Waals surface area contributed by atoms with Gasteiger partial charge in [-0.1, -0.05) is 6.92 Å². The lowest BCUT2D eigenvalue weighted by Gasteiger charge is -2.39. The fourth-order valence-electron chi connectivity index (χ4n) is 3.12. The van der Waals surface area contributed by atoms with Crippen molar-refractivity contribution in [1.82, 2.24) is 5.01 Å². The first kappa shape index (κ1) is 15.1. The number of furan rings is 1. The first-order chi connectivity index (χ1) is 10.2. The maximum Gasteiger partial charge on any atom is 0.439 e. The van der Waals surface area contributed by atoms with Gasteiger partial charge in [-0.2, -0.15) is 23.3 Å². The van der Waals surface area contributed by atoms with Gasteiger partial charge in [0.2, 0.25) is 0 Å². The Morgan fingerprint density at radius 1 is 1.55 bits per heavy atom. The Balaban J connectivity index is 2.04. The predicted molar refractivity (Wildman–Crippen MR) is 69.8 cm³/mol. The molecule has 1 aliphatic heterocycles. The van der Waals surface area contributed by atoms with Crippen molar-refractivity contribution < 1.29 is 27.5 Å². The van der Waals surface area contributed by atoms with E-state index in [0.29, 0.717) is 12.8 Å². The normalized spacial score (nSPS) is 31.9. The molecule has 3 atom stereocenters. The van der Waals surface area contributed by atoms with E-state index in [0.717, 1.165) is 0 Å². The second-order valence-electron chi connectivity index (χ2n) is 5.84. The molecule has 120 valence electrons. The number of aliphatic hydroxyl groups is 1. The Kier molecular flexibility index (Phi) is 3.32. The van der Waals surface area contributed by atoms with Gasteiger partial charge in [0, 0.05) is 5.71 Å². The van der Waals surface area contributed by atoms with Crippen LogP contribution in [0.3, 0.4) is 0 Å². The molecule has 0 spiro atoms. The number of alkyl halides is 3. The van der Waals surface area contributed by atoms with Crippen molar-refractivity contribution in [2.24, 2.45) is 16.9 Å². The quantitative estimate of drug-likeness (QED) is 0.866. The number of fused-ring (bicyclic) bond motifs is 1. The van der Waals surface area contributed by atoms with Crippen LogP contribution in [0.2, 0.25) is 0 Å². The third kappa shape index (κ3) is 2.05. The highest BCUT2D eigenvalue weighted by atomic mass is 19.4. The number of halogens is 3. The molecule has 3 rings (SSSR count). The molecule has 1 aromatic rings. The number of rotatable bonds is 1. The summed E-state index contributed by atoms with van der Waals surface area (Å²) in [6.45, 7) is 1.82. The standard InChI is InChI=1S/C14H15F3N2O3/c1-8-4-5-10-9(7-8)13(21,14(15,16)17)19(18-10)12(20)11-3-2-6-22-11/h2-3,6,8-9,21H,4-5,7H2,1H3/t8-,9-,13-/m1/s1. The summed E-state index contributed by atoms with van der Waals surface area (Å²) >= 11 is 0. The highest BCUT2D eigenvalue weighted by Crippen LogP contribution is 2.49. The molecular formula is C14H15F3N2O3. The number of carbonyl (C=O) groups is 1. The van der Waals surface area contributed by atoms with Gasteiger partial charge in [-0.25, -0.2) is 0 Å². The molecule has 0 saturated heterocycles. The molecular weight excluding hydrogens is 301 g/mol. The second kappa shape index (κ2) is 4.84. The molecule has 1 amide bonds. The molecule has 2 heterocycles. The summed E-state index contributed by atoms with van der Waals surface area (Å²) in [7, 11) is 0. The highest BCUT2D eigenvalue weighted by molar-refractivity contribution is 5.97. The summed E-state index contributed by atoms with van der Waals surface area (Å²) in [6.07, 6.45) is -2.67. The summed E-state index contributed by atoms with van der Waals surface area (Å²) < 4.78 is 45.5. The summed E-state index contributed by atoms with van der Waals surface area (Å²) in [6, 6.07) is 2.63. The van der Waals surface area contributed by atoms with Crippen LogP contribution in [-0.2, 0) is 0 Å². The second-order valence-corrected chi connectivity index (χ2v) is 5.84. The van der Waals surface area contributed by atoms with Crippen molar-refractivity contribution in [3.8, 4) is 0 Å². The van der Waals surface area contributed by atoms with Crippen LogP contribution in [0.4, 0.5) is 13.2 Å². The Hall–Kier alpha value is -1.83. The van der Waals surface area contributed by atoms with E-state index in [9.17, 15) is 23.1 Å². The summed E-state index contributed by atoms with van der Waals surface area (Å²) in [5.74, 6) is -2.59. The molecule has 1 aromatic heterocycles. The van der Waals surface area contributed by atoms with Gasteiger partial charge in [0.05, 0.1) is 12.2 Å². The number of nitrogens with zero attached hydrogens (tertiary/aromatic N) is 2. The van der Waals surface area contributed by atoms with E-state index >= 15 is 0 Å². The molecule has 0 aromatic carbocycles. The van der Waals surface area contributed by atoms with E-state index in [4.69, 9.17) is 4.42 Å². The van der Waals surface area contributed by atoms with Gasteiger partial charge in [-0.15, -0.1) is 0 Å². The Labute approximate surface area is 124 Å². The Bertz CT molecular complexity index is 611. The van der Waals surface area contributed by atoms with E-state index in [1.807, 2.05) is 6.92 Å². The number of hydrazone groups is 1. The van der Waals surface area contributed by atoms with Crippen molar-refractivity contribution in [3.05, 3.63) is 24.2 Å². The van der Waals surface area contributed by atoms with E-state index in [2.05, 4.69) is 5.10 Å². The SMILES string of the molecule is C[C@@H]1CCC2=NN(C(=O)c3ccco3)[C@](O)(C(F)(F)F)[C@@H]2C1. The fourth-order valence-corrected chi connectivity index (χ4v) is 3.12. The van der Waals surface area contributed by atoms with Crippen LogP contribution in [0.1, 0.15) is 36.7 Å². The maximum atomic E-state index is 13.5. The van der Waals surface area contributed by atoms with Gasteiger partial charge >= 0.3 is 12.1 Å². The van der Waals surface area contributed by atoms with Crippen molar-refractivity contribution >= 4 is 11.6 Å². The van der Waals surface area contributed by atoms with Gasteiger partial charge in [-0.3, -0.25) is 4.79 Å². The topological polar surface area (TPSA) is 66.0 Å². The molecule has 1 N–H and O–H groups in total. The van der Waals surface area contributed by atoms with E-state index in [1.54, 1.807) is 0 Å². The highest BCUT2D eigenvalue weighted by Gasteiger charge is 2.69. The molecule has 1 fully saturated rings. The minimum atomic E-state index is -5.01. The first-order valence-electron chi connectivity index (χ1n) is 6.99. The molecule has 0 unspecified atom stereocenters. The van der Waals surface area contributed by atoms with E-state index < -0.39 is 23.7 Å². The van der Waals surface area contributed by atoms with Crippen LogP contribution in [0.5, 0.6) is 0 Å². The van der Waals surface area contributed by atoms with Crippen molar-refractivity contribution in [2.75, 3.05) is 0 Å². The molecule has 5 nitrogen and oxygen atoms in total. The Morgan fingerprint density at radius 3 is 2.86 bits per heavy atom. The fraction of sp³-hybridized carbons (Fsp3) is 0.571. The molecule has 0 radical (unpaired) electrons. The van der Waals surface area contributed by atoms with Crippen LogP contribution < -0.4 is 0 Å². The average Bonchev–Trinajstić information content (AvgIpc) is 3.05. The van der Waals surface area contributed by atoms with Gasteiger partial charge < -0.3 is 9.52 Å². The molecule has 1 aliphatic carbocycles. The monoisotopic (exact) mass is 316 g/mol. The third-order valence-electron chi connectivity index (χ3n) is 4.31. The van der Waals surface area contributed by atoms with E-state index in [1.165, 1.54) is 18.4 Å². The van der Waals surface area contributed by atoms with Gasteiger partial charge in [-0.05, 0) is 37.3 Å². The lowest BCUT2D eigenvalue weighted by Crippen LogP contribution is -2.61. The summed E-state index contributed by atoms with van der Waals surface area (Å²) in [5.41, 5.74) is -3.10. The Morgan fingerprint density at radius 2 is 2.27 bits per heavy atom. The number of hydrogen-bond donors (Lipinski definition) is 1. The average molecular weight is 316 g/mol. The summed E-state index contributed by atoms with van der Waals surface area (Å²) in [5, 5.41) is 14.3. The maximum absolute atomic E-state index is 13.5. The molecule has 22 heavy (non-hydrogen) atoms. The lowest BCUT2D eigenvalue weighted by atomic mass is 9.76. The van der Waals surface area contributed by atoms with Gasteiger partial charge in [0.15, 0.2) is 5.76 Å². The summed E-state index contributed by atoms with van der Waals surface area (Å²) in [4.78, 5) is 12.3.